The maximum Gasteiger partial charge on any atom is 0.416 e. The Balaban J connectivity index is 2.24. The summed E-state index contributed by atoms with van der Waals surface area (Å²) in [6, 6.07) is 6.10. The van der Waals surface area contributed by atoms with Gasteiger partial charge in [0.05, 0.1) is 12.7 Å². The Morgan fingerprint density at radius 3 is 2.42 bits per heavy atom. The number of nitrogens with zero attached hydrogens (tertiary/aromatic N) is 3. The van der Waals surface area contributed by atoms with Crippen LogP contribution in [0.25, 0.3) is 11.1 Å². The summed E-state index contributed by atoms with van der Waals surface area (Å²) in [6.07, 6.45) is -3.03. The zero-order chi connectivity index (χ0) is 22.9. The van der Waals surface area contributed by atoms with E-state index < -0.39 is 17.0 Å². The Labute approximate surface area is 180 Å². The molecule has 0 bridgehead atoms. The zero-order valence-electron chi connectivity index (χ0n) is 16.6. The van der Waals surface area contributed by atoms with E-state index in [1.165, 1.54) is 19.2 Å². The van der Waals surface area contributed by atoms with E-state index in [2.05, 4.69) is 10.1 Å². The number of nitrogens with one attached hydrogen (secondary N) is 2. The lowest BCUT2D eigenvalue weighted by atomic mass is 10.0. The van der Waals surface area contributed by atoms with Crippen molar-refractivity contribution in [2.45, 2.75) is 20.0 Å². The quantitative estimate of drug-likeness (QED) is 0.436. The fraction of sp³-hybridized carbons (Fsp3) is 0.200. The number of alkyl halides is 3. The first-order valence-corrected chi connectivity index (χ1v) is 9.19. The molecule has 31 heavy (non-hydrogen) atoms. The van der Waals surface area contributed by atoms with E-state index in [1.807, 2.05) is 0 Å². The standard InChI is InChI=1S/C20H17ClF3N5O2/c1-10-6-14(18(30-3)27-9-10)13-5-4-12(20(22,23)24)8-15(13)31-17-11(2)7-16(25)29(28-17)19(21)26/h4-9,25-26H,1-3H3. The van der Waals surface area contributed by atoms with Crippen molar-refractivity contribution in [2.24, 2.45) is 0 Å². The summed E-state index contributed by atoms with van der Waals surface area (Å²) in [6.45, 7) is 3.36. The topological polar surface area (TPSA) is 96.9 Å². The molecule has 0 unspecified atom stereocenters. The number of hydrogen-bond donors (Lipinski definition) is 2. The van der Waals surface area contributed by atoms with Gasteiger partial charge in [0.25, 0.3) is 0 Å². The highest BCUT2D eigenvalue weighted by molar-refractivity contribution is 6.64. The molecular weight excluding hydrogens is 435 g/mol. The molecule has 2 N–H and O–H groups in total. The molecule has 0 amide bonds. The van der Waals surface area contributed by atoms with Crippen LogP contribution in [0.5, 0.6) is 17.5 Å². The molecule has 0 spiro atoms. The molecule has 1 aromatic carbocycles. The SMILES string of the molecule is COc1ncc(C)cc1-c1ccc(C(F)(F)F)cc1Oc1nn(C(=N)Cl)c(=N)cc1C. The molecule has 11 heteroatoms. The van der Waals surface area contributed by atoms with Crippen LogP contribution in [0.2, 0.25) is 0 Å². The van der Waals surface area contributed by atoms with Crippen molar-refractivity contribution in [1.29, 1.82) is 10.8 Å². The molecule has 2 aromatic heterocycles. The third-order valence-electron chi connectivity index (χ3n) is 4.28. The van der Waals surface area contributed by atoms with Crippen LogP contribution in [-0.4, -0.2) is 27.2 Å². The molecule has 2 heterocycles. The van der Waals surface area contributed by atoms with Crippen molar-refractivity contribution < 1.29 is 22.6 Å². The van der Waals surface area contributed by atoms with Crippen LogP contribution in [0.4, 0.5) is 13.2 Å². The van der Waals surface area contributed by atoms with E-state index in [9.17, 15) is 13.2 Å². The monoisotopic (exact) mass is 451 g/mol. The fourth-order valence-electron chi connectivity index (χ4n) is 2.82. The summed E-state index contributed by atoms with van der Waals surface area (Å²) >= 11 is 5.64. The number of aryl methyl sites for hydroxylation is 2. The smallest absolute Gasteiger partial charge is 0.416 e. The maximum atomic E-state index is 13.4. The number of benzene rings is 1. The van der Waals surface area contributed by atoms with E-state index in [4.69, 9.17) is 31.9 Å². The maximum absolute atomic E-state index is 13.4. The lowest BCUT2D eigenvalue weighted by Gasteiger charge is -2.17. The number of methoxy groups -OCH3 is 1. The third-order valence-corrected chi connectivity index (χ3v) is 4.44. The number of pyridine rings is 1. The Hall–Kier alpha value is -3.40. The summed E-state index contributed by atoms with van der Waals surface area (Å²) in [7, 11) is 1.40. The van der Waals surface area contributed by atoms with E-state index in [-0.39, 0.29) is 23.0 Å². The molecule has 0 aliphatic carbocycles. The van der Waals surface area contributed by atoms with E-state index in [0.717, 1.165) is 22.4 Å². The fourth-order valence-corrected chi connectivity index (χ4v) is 2.95. The van der Waals surface area contributed by atoms with E-state index in [1.54, 1.807) is 26.1 Å². The molecule has 3 rings (SSSR count). The van der Waals surface area contributed by atoms with Gasteiger partial charge >= 0.3 is 6.18 Å². The van der Waals surface area contributed by atoms with Crippen LogP contribution in [0, 0.1) is 24.7 Å². The average Bonchev–Trinajstić information content (AvgIpc) is 2.69. The molecule has 0 saturated heterocycles. The number of ether oxygens (including phenoxy) is 2. The van der Waals surface area contributed by atoms with Crippen molar-refractivity contribution >= 4 is 16.9 Å². The molecule has 0 fully saturated rings. The molecular formula is C20H17ClF3N5O2. The Morgan fingerprint density at radius 1 is 1.10 bits per heavy atom. The minimum absolute atomic E-state index is 0.110. The molecule has 0 aliphatic rings. The van der Waals surface area contributed by atoms with E-state index in [0.29, 0.717) is 16.7 Å². The first-order chi connectivity index (χ1) is 14.5. The Kier molecular flexibility index (Phi) is 6.03. The van der Waals surface area contributed by atoms with Gasteiger partial charge in [-0.1, -0.05) is 0 Å². The second-order valence-electron chi connectivity index (χ2n) is 6.60. The number of rotatable bonds is 4. The third kappa shape index (κ3) is 4.69. The first kappa shape index (κ1) is 22.3. The predicted octanol–water partition coefficient (Wildman–Crippen LogP) is 4.88. The van der Waals surface area contributed by atoms with Gasteiger partial charge in [-0.3, -0.25) is 10.8 Å². The van der Waals surface area contributed by atoms with Crippen LogP contribution >= 0.6 is 11.6 Å². The second-order valence-corrected chi connectivity index (χ2v) is 6.96. The first-order valence-electron chi connectivity index (χ1n) is 8.81. The molecule has 0 aliphatic heterocycles. The number of aromatic nitrogens is 3. The van der Waals surface area contributed by atoms with Crippen LogP contribution < -0.4 is 15.0 Å². The molecule has 7 nitrogen and oxygen atoms in total. The highest BCUT2D eigenvalue weighted by Gasteiger charge is 2.32. The average molecular weight is 452 g/mol. The summed E-state index contributed by atoms with van der Waals surface area (Å²) < 4.78 is 51.9. The second kappa shape index (κ2) is 8.38. The summed E-state index contributed by atoms with van der Waals surface area (Å²) in [5.41, 5.74) is 0.765. The Bertz CT molecular complexity index is 1220. The predicted molar refractivity (Wildman–Crippen MR) is 108 cm³/mol. The number of hydrogen-bond acceptors (Lipinski definition) is 6. The summed E-state index contributed by atoms with van der Waals surface area (Å²) in [4.78, 5) is 4.17. The van der Waals surface area contributed by atoms with E-state index >= 15 is 0 Å². The van der Waals surface area contributed by atoms with Crippen molar-refractivity contribution in [3.8, 4) is 28.6 Å². The minimum Gasteiger partial charge on any atom is -0.481 e. The molecule has 0 atom stereocenters. The lowest BCUT2D eigenvalue weighted by Crippen LogP contribution is -2.26. The number of halogens is 4. The summed E-state index contributed by atoms with van der Waals surface area (Å²) in [5, 5.41) is 18.8. The Morgan fingerprint density at radius 2 is 1.81 bits per heavy atom. The van der Waals surface area contributed by atoms with Crippen molar-refractivity contribution in [3.63, 3.8) is 0 Å². The van der Waals surface area contributed by atoms with Gasteiger partial charge in [-0.25, -0.2) is 4.98 Å². The molecule has 0 radical (unpaired) electrons. The van der Waals surface area contributed by atoms with Crippen LogP contribution in [0.15, 0.2) is 36.5 Å². The van der Waals surface area contributed by atoms with Gasteiger partial charge in [0, 0.05) is 22.9 Å². The largest absolute Gasteiger partial charge is 0.481 e. The molecule has 3 aromatic rings. The lowest BCUT2D eigenvalue weighted by molar-refractivity contribution is -0.137. The summed E-state index contributed by atoms with van der Waals surface area (Å²) in [5.74, 6) is -0.0536. The van der Waals surface area contributed by atoms with Gasteiger partial charge in [-0.15, -0.1) is 5.10 Å². The van der Waals surface area contributed by atoms with Gasteiger partial charge in [0.1, 0.15) is 11.2 Å². The van der Waals surface area contributed by atoms with Crippen LogP contribution in [0.1, 0.15) is 16.7 Å². The van der Waals surface area contributed by atoms with Crippen LogP contribution in [-0.2, 0) is 6.18 Å². The van der Waals surface area contributed by atoms with Gasteiger partial charge in [0.15, 0.2) is 0 Å². The van der Waals surface area contributed by atoms with Crippen molar-refractivity contribution in [3.05, 3.63) is 58.7 Å². The molecule has 162 valence electrons. The van der Waals surface area contributed by atoms with Crippen LogP contribution in [0.3, 0.4) is 0 Å². The van der Waals surface area contributed by atoms with Gasteiger partial charge in [0.2, 0.25) is 17.1 Å². The van der Waals surface area contributed by atoms with Gasteiger partial charge in [-0.2, -0.15) is 17.9 Å². The van der Waals surface area contributed by atoms with Crippen molar-refractivity contribution in [1.82, 2.24) is 14.8 Å². The van der Waals surface area contributed by atoms with Gasteiger partial charge in [-0.05, 0) is 61.3 Å². The minimum atomic E-state index is -4.60. The molecule has 0 saturated carbocycles. The van der Waals surface area contributed by atoms with Crippen molar-refractivity contribution in [2.75, 3.05) is 7.11 Å². The highest BCUT2D eigenvalue weighted by Crippen LogP contribution is 2.41. The van der Waals surface area contributed by atoms with Gasteiger partial charge < -0.3 is 9.47 Å². The zero-order valence-corrected chi connectivity index (χ0v) is 17.4. The normalized spacial score (nSPS) is 11.3. The highest BCUT2D eigenvalue weighted by atomic mass is 35.5.